The molecule has 2 aromatic rings. The molecule has 2 aliphatic rings. The van der Waals surface area contributed by atoms with Gasteiger partial charge in [-0.1, -0.05) is 48.6 Å². The Labute approximate surface area is 193 Å². The normalized spacial score (nSPS) is 18.5. The van der Waals surface area contributed by atoms with Crippen LogP contribution in [0.4, 0.5) is 10.5 Å². The highest BCUT2D eigenvalue weighted by atomic mass is 32.2. The molecule has 4 rings (SSSR count). The molecule has 0 aliphatic carbocycles. The summed E-state index contributed by atoms with van der Waals surface area (Å²) in [6.45, 7) is 9.77. The summed E-state index contributed by atoms with van der Waals surface area (Å²) in [7, 11) is 0. The summed E-state index contributed by atoms with van der Waals surface area (Å²) >= 11 is 0.982. The topological polar surface area (TPSA) is 53.1 Å². The molecule has 0 atom stereocenters. The van der Waals surface area contributed by atoms with Gasteiger partial charge in [-0.25, -0.2) is 0 Å². The smallest absolute Gasteiger partial charge is 0.294 e. The van der Waals surface area contributed by atoms with Crippen LogP contribution < -0.4 is 9.64 Å². The Morgan fingerprint density at radius 2 is 1.75 bits per heavy atom. The quantitative estimate of drug-likeness (QED) is 0.462. The largest absolute Gasteiger partial charge is 0.489 e. The fourth-order valence-corrected chi connectivity index (χ4v) is 4.57. The van der Waals surface area contributed by atoms with Crippen LogP contribution >= 0.6 is 11.8 Å². The van der Waals surface area contributed by atoms with E-state index in [9.17, 15) is 9.59 Å². The average Bonchev–Trinajstić information content (AvgIpc) is 3.07. The molecule has 32 heavy (non-hydrogen) atoms. The van der Waals surface area contributed by atoms with Crippen LogP contribution in [0.25, 0.3) is 6.08 Å². The highest BCUT2D eigenvalue weighted by molar-refractivity contribution is 8.18. The molecule has 7 heteroatoms. The van der Waals surface area contributed by atoms with Gasteiger partial charge in [0.15, 0.2) is 0 Å². The van der Waals surface area contributed by atoms with E-state index in [2.05, 4.69) is 47.6 Å². The number of carbonyl (C=O) groups is 2. The Balaban J connectivity index is 1.38. The fourth-order valence-electron chi connectivity index (χ4n) is 3.75. The summed E-state index contributed by atoms with van der Waals surface area (Å²) in [4.78, 5) is 31.8. The third-order valence-corrected chi connectivity index (χ3v) is 6.46. The fraction of sp³-hybridized carbons (Fsp3) is 0.280. The van der Waals surface area contributed by atoms with Gasteiger partial charge in [-0.15, -0.1) is 0 Å². The van der Waals surface area contributed by atoms with Gasteiger partial charge in [-0.2, -0.15) is 0 Å². The number of piperazine rings is 1. The van der Waals surface area contributed by atoms with Gasteiger partial charge in [0.25, 0.3) is 11.1 Å². The number of amides is 2. The molecule has 0 unspecified atom stereocenters. The minimum absolute atomic E-state index is 0.230. The van der Waals surface area contributed by atoms with Crippen molar-refractivity contribution >= 4 is 34.7 Å². The Hall–Kier alpha value is -3.03. The zero-order chi connectivity index (χ0) is 22.5. The van der Waals surface area contributed by atoms with Gasteiger partial charge in [0, 0.05) is 37.4 Å². The first-order valence-corrected chi connectivity index (χ1v) is 11.5. The number of imide groups is 1. The maximum absolute atomic E-state index is 13.0. The van der Waals surface area contributed by atoms with E-state index >= 15 is 0 Å². The number of hydrogen-bond acceptors (Lipinski definition) is 6. The number of thioether (sulfide) groups is 1. The van der Waals surface area contributed by atoms with Gasteiger partial charge in [-0.05, 0) is 43.0 Å². The zero-order valence-electron chi connectivity index (χ0n) is 18.2. The maximum atomic E-state index is 13.0. The van der Waals surface area contributed by atoms with Crippen LogP contribution in [0.5, 0.6) is 5.75 Å². The first-order valence-electron chi connectivity index (χ1n) is 10.7. The molecular formula is C25H27N3O3S. The van der Waals surface area contributed by atoms with Crippen LogP contribution in [0.3, 0.4) is 0 Å². The Bertz CT molecular complexity index is 1030. The van der Waals surface area contributed by atoms with Gasteiger partial charge < -0.3 is 9.64 Å². The molecule has 0 spiro atoms. The number of benzene rings is 2. The van der Waals surface area contributed by atoms with Crippen molar-refractivity contribution in [1.82, 2.24) is 9.80 Å². The number of anilines is 1. The monoisotopic (exact) mass is 449 g/mol. The molecule has 2 saturated heterocycles. The molecule has 0 radical (unpaired) electrons. The standard InChI is InChI=1S/C25H27N3O3S/c1-3-16-31-22-7-5-4-6-20(22)17-23-24(29)28(25(30)32-23)18-26-12-14-27(15-13-26)21-10-8-19(2)9-11-21/h3-11,17H,1,12-16,18H2,2H3/b23-17-. The van der Waals surface area contributed by atoms with Gasteiger partial charge in [0.05, 0.1) is 11.6 Å². The van der Waals surface area contributed by atoms with Crippen LogP contribution in [0.2, 0.25) is 0 Å². The summed E-state index contributed by atoms with van der Waals surface area (Å²) in [6.07, 6.45) is 3.40. The van der Waals surface area contributed by atoms with Gasteiger partial charge in [0.1, 0.15) is 12.4 Å². The van der Waals surface area contributed by atoms with Gasteiger partial charge in [0.2, 0.25) is 0 Å². The third-order valence-electron chi connectivity index (χ3n) is 5.55. The molecule has 0 saturated carbocycles. The minimum Gasteiger partial charge on any atom is -0.489 e. The Morgan fingerprint density at radius 1 is 1.03 bits per heavy atom. The predicted octanol–water partition coefficient (Wildman–Crippen LogP) is 4.38. The van der Waals surface area contributed by atoms with Gasteiger partial charge >= 0.3 is 0 Å². The predicted molar refractivity (Wildman–Crippen MR) is 130 cm³/mol. The lowest BCUT2D eigenvalue weighted by atomic mass is 10.2. The van der Waals surface area contributed by atoms with Crippen molar-refractivity contribution in [2.45, 2.75) is 6.92 Å². The highest BCUT2D eigenvalue weighted by Crippen LogP contribution is 2.34. The van der Waals surface area contributed by atoms with Crippen LogP contribution in [-0.4, -0.2) is 60.4 Å². The summed E-state index contributed by atoms with van der Waals surface area (Å²) in [5.74, 6) is 0.408. The second-order valence-corrected chi connectivity index (χ2v) is 8.82. The molecule has 2 aromatic carbocycles. The van der Waals surface area contributed by atoms with Gasteiger partial charge in [-0.3, -0.25) is 19.4 Å². The summed E-state index contributed by atoms with van der Waals surface area (Å²) < 4.78 is 5.67. The van der Waals surface area contributed by atoms with Crippen LogP contribution in [0.1, 0.15) is 11.1 Å². The van der Waals surface area contributed by atoms with Crippen molar-refractivity contribution in [1.29, 1.82) is 0 Å². The van der Waals surface area contributed by atoms with E-state index in [0.29, 0.717) is 23.9 Å². The molecule has 6 nitrogen and oxygen atoms in total. The molecule has 0 aromatic heterocycles. The Kier molecular flexibility index (Phi) is 6.97. The zero-order valence-corrected chi connectivity index (χ0v) is 19.0. The lowest BCUT2D eigenvalue weighted by molar-refractivity contribution is -0.124. The van der Waals surface area contributed by atoms with E-state index in [1.807, 2.05) is 24.3 Å². The summed E-state index contributed by atoms with van der Waals surface area (Å²) in [6, 6.07) is 16.0. The van der Waals surface area contributed by atoms with Crippen molar-refractivity contribution in [3.8, 4) is 5.75 Å². The van der Waals surface area contributed by atoms with E-state index in [4.69, 9.17) is 4.74 Å². The summed E-state index contributed by atoms with van der Waals surface area (Å²) in [5.41, 5.74) is 3.22. The summed E-state index contributed by atoms with van der Waals surface area (Å²) in [5, 5.41) is -0.230. The molecule has 2 fully saturated rings. The number of aryl methyl sites for hydroxylation is 1. The SMILES string of the molecule is C=CCOc1ccccc1/C=C1\SC(=O)N(CN2CCN(c3ccc(C)cc3)CC2)C1=O. The maximum Gasteiger partial charge on any atom is 0.294 e. The molecule has 166 valence electrons. The van der Waals surface area contributed by atoms with Crippen LogP contribution in [-0.2, 0) is 4.79 Å². The van der Waals surface area contributed by atoms with E-state index in [1.165, 1.54) is 16.2 Å². The Morgan fingerprint density at radius 3 is 2.47 bits per heavy atom. The van der Waals surface area contributed by atoms with Crippen LogP contribution in [0, 0.1) is 6.92 Å². The number of ether oxygens (including phenoxy) is 1. The number of rotatable bonds is 7. The molecule has 2 amide bonds. The number of para-hydroxylation sites is 1. The van der Waals surface area contributed by atoms with Crippen molar-refractivity contribution in [3.05, 3.63) is 77.2 Å². The number of hydrogen-bond donors (Lipinski definition) is 0. The molecule has 0 bridgehead atoms. The second-order valence-electron chi connectivity index (χ2n) is 7.83. The van der Waals surface area contributed by atoms with E-state index in [1.54, 1.807) is 12.2 Å². The van der Waals surface area contributed by atoms with Crippen molar-refractivity contribution in [3.63, 3.8) is 0 Å². The molecule has 0 N–H and O–H groups in total. The lowest BCUT2D eigenvalue weighted by Gasteiger charge is -2.37. The second kappa shape index (κ2) is 10.1. The van der Waals surface area contributed by atoms with Crippen molar-refractivity contribution in [2.75, 3.05) is 44.4 Å². The van der Waals surface area contributed by atoms with Crippen molar-refractivity contribution in [2.24, 2.45) is 0 Å². The average molecular weight is 450 g/mol. The first kappa shape index (κ1) is 22.2. The van der Waals surface area contributed by atoms with Crippen molar-refractivity contribution < 1.29 is 14.3 Å². The lowest BCUT2D eigenvalue weighted by Crippen LogP contribution is -2.50. The number of nitrogens with zero attached hydrogens (tertiary/aromatic N) is 3. The minimum atomic E-state index is -0.250. The molecule has 2 heterocycles. The number of carbonyl (C=O) groups excluding carboxylic acids is 2. The molecule has 2 aliphatic heterocycles. The third kappa shape index (κ3) is 5.06. The van der Waals surface area contributed by atoms with Crippen LogP contribution in [0.15, 0.2) is 66.1 Å². The van der Waals surface area contributed by atoms with E-state index in [0.717, 1.165) is 43.5 Å². The van der Waals surface area contributed by atoms with E-state index in [-0.39, 0.29) is 11.1 Å². The highest BCUT2D eigenvalue weighted by Gasteiger charge is 2.36. The molecular weight excluding hydrogens is 422 g/mol. The first-order chi connectivity index (χ1) is 15.5. The van der Waals surface area contributed by atoms with E-state index < -0.39 is 0 Å².